The molecule has 0 aliphatic carbocycles. The van der Waals surface area contributed by atoms with Crippen molar-refractivity contribution >= 4 is 22.9 Å². The van der Waals surface area contributed by atoms with Crippen LogP contribution in [0.2, 0.25) is 0 Å². The second kappa shape index (κ2) is 11.5. The molecule has 4 rings (SSSR count). The Morgan fingerprint density at radius 1 is 0.868 bits per heavy atom. The fourth-order valence-electron chi connectivity index (χ4n) is 4.70. The molecule has 0 spiro atoms. The molecule has 3 aromatic rings. The molecule has 9 nitrogen and oxygen atoms in total. The van der Waals surface area contributed by atoms with E-state index in [1.54, 1.807) is 39.0 Å². The van der Waals surface area contributed by atoms with Crippen LogP contribution in [0.4, 0.5) is 0 Å². The lowest BCUT2D eigenvalue weighted by Crippen LogP contribution is -2.33. The molecule has 1 aliphatic heterocycles. The van der Waals surface area contributed by atoms with Gasteiger partial charge in [0.25, 0.3) is 0 Å². The summed E-state index contributed by atoms with van der Waals surface area (Å²) in [7, 11) is 0. The number of rotatable bonds is 8. The largest absolute Gasteiger partial charge is 0.460 e. The number of nitrogens with one attached hydrogen (secondary N) is 1. The quantitative estimate of drug-likeness (QED) is 0.384. The van der Waals surface area contributed by atoms with Crippen molar-refractivity contribution in [2.24, 2.45) is 0 Å². The van der Waals surface area contributed by atoms with Crippen molar-refractivity contribution in [1.29, 1.82) is 0 Å². The van der Waals surface area contributed by atoms with E-state index in [1.807, 2.05) is 30.3 Å². The summed E-state index contributed by atoms with van der Waals surface area (Å²) in [5, 5.41) is 21.8. The van der Waals surface area contributed by atoms with Crippen molar-refractivity contribution in [3.8, 4) is 11.3 Å². The number of aliphatic hydroxyl groups excluding tert-OH is 2. The molecular formula is C29H29NO8. The number of para-hydroxylation sites is 1. The Balaban J connectivity index is 2.02. The Hall–Kier alpha value is -4.21. The smallest absolute Gasteiger partial charge is 0.336 e. The number of ether oxygens (including phenoxy) is 2. The van der Waals surface area contributed by atoms with Gasteiger partial charge in [0.15, 0.2) is 5.43 Å². The molecule has 0 bridgehead atoms. The van der Waals surface area contributed by atoms with Crippen molar-refractivity contribution < 1.29 is 33.7 Å². The highest BCUT2D eigenvalue weighted by Crippen LogP contribution is 2.42. The van der Waals surface area contributed by atoms with Gasteiger partial charge in [0, 0.05) is 28.1 Å². The van der Waals surface area contributed by atoms with Crippen LogP contribution in [0.15, 0.2) is 80.3 Å². The van der Waals surface area contributed by atoms with Crippen LogP contribution in [-0.2, 0) is 19.1 Å². The number of fused-ring (bicyclic) bond motifs is 1. The fourth-order valence-corrected chi connectivity index (χ4v) is 4.70. The summed E-state index contributed by atoms with van der Waals surface area (Å²) in [4.78, 5) is 40.0. The highest BCUT2D eigenvalue weighted by Gasteiger charge is 2.39. The van der Waals surface area contributed by atoms with Crippen LogP contribution in [-0.4, -0.2) is 48.6 Å². The van der Waals surface area contributed by atoms with Crippen LogP contribution in [0.5, 0.6) is 0 Å². The van der Waals surface area contributed by atoms with E-state index in [9.17, 15) is 24.6 Å². The molecule has 0 fully saturated rings. The molecule has 2 heterocycles. The number of esters is 2. The van der Waals surface area contributed by atoms with Gasteiger partial charge >= 0.3 is 11.9 Å². The molecule has 0 unspecified atom stereocenters. The predicted octanol–water partition coefficient (Wildman–Crippen LogP) is 3.07. The van der Waals surface area contributed by atoms with Gasteiger partial charge in [0.05, 0.1) is 35.7 Å². The highest BCUT2D eigenvalue weighted by molar-refractivity contribution is 6.01. The Kier molecular flexibility index (Phi) is 8.09. The first kappa shape index (κ1) is 26.8. The maximum Gasteiger partial charge on any atom is 0.336 e. The molecule has 0 saturated carbocycles. The van der Waals surface area contributed by atoms with Gasteiger partial charge in [-0.25, -0.2) is 9.59 Å². The lowest BCUT2D eigenvalue weighted by molar-refractivity contribution is -0.141. The van der Waals surface area contributed by atoms with Gasteiger partial charge in [0.1, 0.15) is 24.6 Å². The zero-order valence-electron chi connectivity index (χ0n) is 21.4. The first-order valence-corrected chi connectivity index (χ1v) is 12.2. The monoisotopic (exact) mass is 519 g/mol. The predicted molar refractivity (Wildman–Crippen MR) is 140 cm³/mol. The molecule has 1 aromatic heterocycles. The standard InChI is InChI=1S/C29H29NO8/c1-16-25(33)21-11-7-10-20(27(21)38-26(16)19-8-5-4-6-9-19)24-22(28(34)36-14-12-31)17(2)30-18(3)23(24)29(35)37-15-13-32/h4-11,24,30-32H,12-15H2,1-3H3. The van der Waals surface area contributed by atoms with Gasteiger partial charge in [-0.3, -0.25) is 4.79 Å². The molecule has 3 N–H and O–H groups in total. The van der Waals surface area contributed by atoms with Crippen LogP contribution < -0.4 is 10.7 Å². The summed E-state index contributed by atoms with van der Waals surface area (Å²) < 4.78 is 16.9. The third-order valence-electron chi connectivity index (χ3n) is 6.37. The highest BCUT2D eigenvalue weighted by atomic mass is 16.5. The average Bonchev–Trinajstić information content (AvgIpc) is 2.92. The van der Waals surface area contributed by atoms with Gasteiger partial charge in [-0.15, -0.1) is 0 Å². The number of dihydropyridines is 1. The van der Waals surface area contributed by atoms with E-state index in [-0.39, 0.29) is 48.6 Å². The molecule has 0 atom stereocenters. The van der Waals surface area contributed by atoms with E-state index >= 15 is 0 Å². The van der Waals surface area contributed by atoms with E-state index < -0.39 is 17.9 Å². The lowest BCUT2D eigenvalue weighted by Gasteiger charge is -2.30. The minimum absolute atomic E-state index is 0.108. The molecule has 1 aliphatic rings. The van der Waals surface area contributed by atoms with E-state index in [0.29, 0.717) is 39.2 Å². The van der Waals surface area contributed by atoms with Crippen molar-refractivity contribution in [1.82, 2.24) is 5.32 Å². The Bertz CT molecular complexity index is 1460. The van der Waals surface area contributed by atoms with E-state index in [4.69, 9.17) is 13.9 Å². The molecule has 198 valence electrons. The number of hydrogen-bond donors (Lipinski definition) is 3. The summed E-state index contributed by atoms with van der Waals surface area (Å²) in [5.41, 5.74) is 2.58. The fraction of sp³-hybridized carbons (Fsp3) is 0.276. The van der Waals surface area contributed by atoms with Crippen molar-refractivity contribution in [3.63, 3.8) is 0 Å². The molecular weight excluding hydrogens is 490 g/mol. The van der Waals surface area contributed by atoms with Crippen LogP contribution in [0.1, 0.15) is 30.9 Å². The summed E-state index contributed by atoms with van der Waals surface area (Å²) in [6.45, 7) is 3.80. The van der Waals surface area contributed by atoms with Crippen molar-refractivity contribution in [2.75, 3.05) is 26.4 Å². The maximum absolute atomic E-state index is 13.5. The molecule has 0 amide bonds. The second-order valence-corrected chi connectivity index (χ2v) is 8.83. The Labute approximate surface area is 219 Å². The molecule has 38 heavy (non-hydrogen) atoms. The summed E-state index contributed by atoms with van der Waals surface area (Å²) in [6.07, 6.45) is 0. The zero-order chi connectivity index (χ0) is 27.4. The Morgan fingerprint density at radius 3 is 2.00 bits per heavy atom. The van der Waals surface area contributed by atoms with Crippen molar-refractivity contribution in [3.05, 3.63) is 92.4 Å². The van der Waals surface area contributed by atoms with E-state index in [1.165, 1.54) is 0 Å². The number of allylic oxidation sites excluding steroid dienone is 2. The van der Waals surface area contributed by atoms with Crippen LogP contribution in [0.3, 0.4) is 0 Å². The second-order valence-electron chi connectivity index (χ2n) is 8.83. The molecule has 0 radical (unpaired) electrons. The summed E-state index contributed by atoms with van der Waals surface area (Å²) in [6, 6.07) is 14.2. The van der Waals surface area contributed by atoms with Gasteiger partial charge in [-0.05, 0) is 26.8 Å². The number of carbonyl (C=O) groups excluding carboxylic acids is 2. The van der Waals surface area contributed by atoms with Gasteiger partial charge in [-0.1, -0.05) is 42.5 Å². The van der Waals surface area contributed by atoms with Crippen LogP contribution in [0, 0.1) is 6.92 Å². The normalized spacial score (nSPS) is 14.0. The Morgan fingerprint density at radius 2 is 1.45 bits per heavy atom. The van der Waals surface area contributed by atoms with Gasteiger partial charge < -0.3 is 29.4 Å². The minimum Gasteiger partial charge on any atom is -0.460 e. The summed E-state index contributed by atoms with van der Waals surface area (Å²) >= 11 is 0. The molecule has 0 saturated heterocycles. The SMILES string of the molecule is CC1=C(C(=O)OCCO)C(c2cccc3c(=O)c(C)c(-c4ccccc4)oc23)C(C(=O)OCCO)=C(C)N1. The lowest BCUT2D eigenvalue weighted by atomic mass is 9.79. The van der Waals surface area contributed by atoms with E-state index in [2.05, 4.69) is 5.32 Å². The number of carbonyl (C=O) groups is 2. The number of benzene rings is 2. The molecule has 2 aromatic carbocycles. The average molecular weight is 520 g/mol. The van der Waals surface area contributed by atoms with Crippen molar-refractivity contribution in [2.45, 2.75) is 26.7 Å². The van der Waals surface area contributed by atoms with Gasteiger partial charge in [0.2, 0.25) is 0 Å². The van der Waals surface area contributed by atoms with Crippen LogP contribution >= 0.6 is 0 Å². The topological polar surface area (TPSA) is 135 Å². The summed E-state index contributed by atoms with van der Waals surface area (Å²) in [5.74, 6) is -2.14. The first-order valence-electron chi connectivity index (χ1n) is 12.2. The molecule has 9 heteroatoms. The zero-order valence-corrected chi connectivity index (χ0v) is 21.4. The van der Waals surface area contributed by atoms with E-state index in [0.717, 1.165) is 0 Å². The minimum atomic E-state index is -1.02. The maximum atomic E-state index is 13.5. The first-order chi connectivity index (χ1) is 18.3. The van der Waals surface area contributed by atoms with Crippen LogP contribution in [0.25, 0.3) is 22.3 Å². The third-order valence-corrected chi connectivity index (χ3v) is 6.37. The number of hydrogen-bond acceptors (Lipinski definition) is 9. The number of aliphatic hydroxyl groups is 2. The third kappa shape index (κ3) is 4.98. The van der Waals surface area contributed by atoms with Gasteiger partial charge in [-0.2, -0.15) is 0 Å².